The van der Waals surface area contributed by atoms with E-state index in [1.54, 1.807) is 24.3 Å². The highest BCUT2D eigenvalue weighted by Gasteiger charge is 2.14. The van der Waals surface area contributed by atoms with Crippen LogP contribution in [-0.4, -0.2) is 15.6 Å². The van der Waals surface area contributed by atoms with E-state index >= 15 is 0 Å². The largest absolute Gasteiger partial charge is 0.489 e. The Morgan fingerprint density at radius 1 is 1.09 bits per heavy atom. The second-order valence-electron chi connectivity index (χ2n) is 8.14. The first-order chi connectivity index (χ1) is 16.4. The molecule has 0 radical (unpaired) electrons. The lowest BCUT2D eigenvalue weighted by Gasteiger charge is -2.14. The van der Waals surface area contributed by atoms with Gasteiger partial charge in [0.1, 0.15) is 24.0 Å². The van der Waals surface area contributed by atoms with E-state index < -0.39 is 23.5 Å². The van der Waals surface area contributed by atoms with Gasteiger partial charge in [-0.15, -0.1) is 6.42 Å². The summed E-state index contributed by atoms with van der Waals surface area (Å²) >= 11 is 0. The molecule has 172 valence electrons. The second kappa shape index (κ2) is 9.80. The van der Waals surface area contributed by atoms with Gasteiger partial charge in [0.25, 0.3) is 0 Å². The molecule has 0 spiro atoms. The lowest BCUT2D eigenvalue weighted by atomic mass is 9.97. The SMILES string of the molecule is C#C[C@@H](CC(=O)O)c1ccc(OCc2ccc3ccn(Cc4ccc(F)cc4F)c3c2C)cc1. The molecule has 0 aliphatic rings. The molecule has 34 heavy (non-hydrogen) atoms. The van der Waals surface area contributed by atoms with Crippen molar-refractivity contribution < 1.29 is 23.4 Å². The zero-order valence-corrected chi connectivity index (χ0v) is 18.6. The molecule has 1 atom stereocenters. The molecule has 3 aromatic carbocycles. The van der Waals surface area contributed by atoms with E-state index in [9.17, 15) is 13.6 Å². The molecule has 4 aromatic rings. The van der Waals surface area contributed by atoms with Crippen LogP contribution < -0.4 is 4.74 Å². The minimum Gasteiger partial charge on any atom is -0.489 e. The molecule has 0 amide bonds. The fraction of sp³-hybridized carbons (Fsp3) is 0.179. The molecule has 0 saturated heterocycles. The van der Waals surface area contributed by atoms with Gasteiger partial charge in [0.05, 0.1) is 24.4 Å². The number of aryl methyl sites for hydroxylation is 1. The summed E-state index contributed by atoms with van der Waals surface area (Å²) < 4.78 is 35.3. The third kappa shape index (κ3) is 4.94. The summed E-state index contributed by atoms with van der Waals surface area (Å²) in [4.78, 5) is 11.0. The number of fused-ring (bicyclic) bond motifs is 1. The monoisotopic (exact) mass is 459 g/mol. The van der Waals surface area contributed by atoms with Crippen LogP contribution in [0.2, 0.25) is 0 Å². The molecule has 0 fully saturated rings. The summed E-state index contributed by atoms with van der Waals surface area (Å²) in [6, 6.07) is 16.7. The van der Waals surface area contributed by atoms with Gasteiger partial charge in [-0.3, -0.25) is 4.79 Å². The number of hydrogen-bond acceptors (Lipinski definition) is 2. The van der Waals surface area contributed by atoms with Gasteiger partial charge in [-0.25, -0.2) is 8.78 Å². The first-order valence-electron chi connectivity index (χ1n) is 10.8. The van der Waals surface area contributed by atoms with Crippen molar-refractivity contribution in [2.24, 2.45) is 0 Å². The number of terminal acetylenes is 1. The maximum atomic E-state index is 14.2. The van der Waals surface area contributed by atoms with Crippen molar-refractivity contribution in [3.8, 4) is 18.1 Å². The van der Waals surface area contributed by atoms with Crippen molar-refractivity contribution in [1.82, 2.24) is 4.57 Å². The average Bonchev–Trinajstić information content (AvgIpc) is 3.22. The minimum atomic E-state index is -0.943. The van der Waals surface area contributed by atoms with Crippen LogP contribution in [0.4, 0.5) is 8.78 Å². The van der Waals surface area contributed by atoms with Crippen LogP contribution in [0.5, 0.6) is 5.75 Å². The highest BCUT2D eigenvalue weighted by atomic mass is 19.1. The third-order valence-corrected chi connectivity index (χ3v) is 5.91. The molecule has 1 heterocycles. The summed E-state index contributed by atoms with van der Waals surface area (Å²) in [6.07, 6.45) is 7.23. The Morgan fingerprint density at radius 2 is 1.82 bits per heavy atom. The average molecular weight is 459 g/mol. The maximum Gasteiger partial charge on any atom is 0.304 e. The van der Waals surface area contributed by atoms with Gasteiger partial charge in [-0.05, 0) is 53.3 Å². The van der Waals surface area contributed by atoms with Gasteiger partial charge in [-0.2, -0.15) is 0 Å². The van der Waals surface area contributed by atoms with Crippen molar-refractivity contribution >= 4 is 16.9 Å². The fourth-order valence-electron chi connectivity index (χ4n) is 4.05. The van der Waals surface area contributed by atoms with Crippen LogP contribution in [0, 0.1) is 30.9 Å². The van der Waals surface area contributed by atoms with Gasteiger partial charge in [0.15, 0.2) is 0 Å². The van der Waals surface area contributed by atoms with Gasteiger partial charge in [0.2, 0.25) is 0 Å². The number of hydrogen-bond donors (Lipinski definition) is 1. The predicted molar refractivity (Wildman–Crippen MR) is 127 cm³/mol. The maximum absolute atomic E-state index is 14.2. The van der Waals surface area contributed by atoms with Crippen molar-refractivity contribution in [2.45, 2.75) is 32.4 Å². The Morgan fingerprint density at radius 3 is 2.50 bits per heavy atom. The van der Waals surface area contributed by atoms with E-state index in [4.69, 9.17) is 16.3 Å². The number of carboxylic acid groups (broad SMARTS) is 1. The highest BCUT2D eigenvalue weighted by Crippen LogP contribution is 2.27. The number of carboxylic acids is 1. The number of ether oxygens (including phenoxy) is 1. The van der Waals surface area contributed by atoms with E-state index in [1.807, 2.05) is 35.9 Å². The second-order valence-corrected chi connectivity index (χ2v) is 8.14. The van der Waals surface area contributed by atoms with Gasteiger partial charge in [-0.1, -0.05) is 36.3 Å². The van der Waals surface area contributed by atoms with Crippen LogP contribution in [0.25, 0.3) is 10.9 Å². The number of halogens is 2. The van der Waals surface area contributed by atoms with Crippen LogP contribution in [0.3, 0.4) is 0 Å². The Labute approximate surface area is 196 Å². The Balaban J connectivity index is 1.52. The van der Waals surface area contributed by atoms with Crippen molar-refractivity contribution in [3.05, 3.63) is 101 Å². The fourth-order valence-corrected chi connectivity index (χ4v) is 4.05. The summed E-state index contributed by atoms with van der Waals surface area (Å²) in [5.74, 6) is 0.545. The van der Waals surface area contributed by atoms with Gasteiger partial charge >= 0.3 is 5.97 Å². The molecule has 6 heteroatoms. The molecule has 0 saturated carbocycles. The van der Waals surface area contributed by atoms with Crippen molar-refractivity contribution in [3.63, 3.8) is 0 Å². The van der Waals surface area contributed by atoms with Crippen molar-refractivity contribution in [1.29, 1.82) is 0 Å². The van der Waals surface area contributed by atoms with Crippen molar-refractivity contribution in [2.75, 3.05) is 0 Å². The number of nitrogens with zero attached hydrogens (tertiary/aromatic N) is 1. The predicted octanol–water partition coefficient (Wildman–Crippen LogP) is 6.05. The third-order valence-electron chi connectivity index (χ3n) is 5.91. The molecular formula is C28H23F2NO3. The standard InChI is InChI=1S/C28H23F2NO3/c1-3-19(14-27(32)33)20-7-10-25(11-8-20)34-17-23-5-4-21-12-13-31(28(21)18(23)2)16-22-6-9-24(29)15-26(22)30/h1,4-13,15,19H,14,16-17H2,2H3,(H,32,33)/t19-/m0/s1. The molecular weight excluding hydrogens is 436 g/mol. The van der Waals surface area contributed by atoms with Crippen LogP contribution >= 0.6 is 0 Å². The highest BCUT2D eigenvalue weighted by molar-refractivity contribution is 5.84. The van der Waals surface area contributed by atoms with E-state index in [0.717, 1.165) is 33.7 Å². The Hall–Kier alpha value is -4.11. The normalized spacial score (nSPS) is 11.8. The zero-order chi connectivity index (χ0) is 24.2. The Kier molecular flexibility index (Phi) is 6.65. The number of aliphatic carboxylic acids is 1. The van der Waals surface area contributed by atoms with Crippen LogP contribution in [0.15, 0.2) is 66.9 Å². The molecule has 0 aliphatic heterocycles. The summed E-state index contributed by atoms with van der Waals surface area (Å²) in [7, 11) is 0. The quantitative estimate of drug-likeness (QED) is 0.327. The molecule has 0 bridgehead atoms. The minimum absolute atomic E-state index is 0.128. The van der Waals surface area contributed by atoms with Gasteiger partial charge in [0, 0.05) is 17.8 Å². The summed E-state index contributed by atoms with van der Waals surface area (Å²) in [5.41, 5.74) is 4.11. The van der Waals surface area contributed by atoms with Crippen LogP contribution in [0.1, 0.15) is 34.6 Å². The summed E-state index contributed by atoms with van der Waals surface area (Å²) in [6.45, 7) is 2.60. The molecule has 1 aromatic heterocycles. The molecule has 1 N–H and O–H groups in total. The Bertz CT molecular complexity index is 1380. The number of benzene rings is 3. The lowest BCUT2D eigenvalue weighted by Crippen LogP contribution is -2.05. The lowest BCUT2D eigenvalue weighted by molar-refractivity contribution is -0.137. The van der Waals surface area contributed by atoms with E-state index in [-0.39, 0.29) is 13.0 Å². The van der Waals surface area contributed by atoms with E-state index in [1.165, 1.54) is 12.1 Å². The molecule has 0 aliphatic carbocycles. The van der Waals surface area contributed by atoms with Gasteiger partial charge < -0.3 is 14.4 Å². The van der Waals surface area contributed by atoms with Crippen LogP contribution in [-0.2, 0) is 17.9 Å². The smallest absolute Gasteiger partial charge is 0.304 e. The number of aromatic nitrogens is 1. The first-order valence-corrected chi connectivity index (χ1v) is 10.8. The zero-order valence-electron chi connectivity index (χ0n) is 18.6. The topological polar surface area (TPSA) is 51.5 Å². The molecule has 4 rings (SSSR count). The van der Waals surface area contributed by atoms with E-state index in [2.05, 4.69) is 5.92 Å². The number of carbonyl (C=O) groups is 1. The summed E-state index contributed by atoms with van der Waals surface area (Å²) in [5, 5.41) is 10.0. The molecule has 0 unspecified atom stereocenters. The van der Waals surface area contributed by atoms with E-state index in [0.29, 0.717) is 17.9 Å². The first kappa shape index (κ1) is 23.1. The molecule has 4 nitrogen and oxygen atoms in total. The number of rotatable bonds is 8.